The first-order valence-corrected chi connectivity index (χ1v) is 13.8. The number of ether oxygens (including phenoxy) is 1. The first kappa shape index (κ1) is 26.6. The van der Waals surface area contributed by atoms with E-state index in [1.54, 1.807) is 37.3 Å². The number of aliphatic hydroxyl groups excluding tert-OH is 1. The van der Waals surface area contributed by atoms with Crippen molar-refractivity contribution < 1.29 is 31.8 Å². The van der Waals surface area contributed by atoms with E-state index in [0.29, 0.717) is 17.7 Å². The average molecular weight is 547 g/mol. The highest BCUT2D eigenvalue weighted by Gasteiger charge is 2.21. The lowest BCUT2D eigenvalue weighted by Crippen LogP contribution is -2.24. The van der Waals surface area contributed by atoms with Gasteiger partial charge >= 0.3 is 6.61 Å². The van der Waals surface area contributed by atoms with Crippen molar-refractivity contribution in [2.75, 3.05) is 17.7 Å². The largest absolute Gasteiger partial charge is 0.435 e. The van der Waals surface area contributed by atoms with Gasteiger partial charge in [0.05, 0.1) is 38.4 Å². The minimum atomic E-state index is -3.36. The van der Waals surface area contributed by atoms with Gasteiger partial charge in [-0.3, -0.25) is 4.79 Å². The van der Waals surface area contributed by atoms with E-state index in [2.05, 4.69) is 15.0 Å². The molecule has 0 aliphatic heterocycles. The van der Waals surface area contributed by atoms with Crippen LogP contribution in [0, 0.1) is 0 Å². The molecule has 0 saturated carbocycles. The molecule has 0 spiro atoms. The zero-order chi connectivity index (χ0) is 26.6. The van der Waals surface area contributed by atoms with Gasteiger partial charge in [0.25, 0.3) is 0 Å². The zero-order valence-corrected chi connectivity index (χ0v) is 21.4. The third kappa shape index (κ3) is 6.48. The van der Waals surface area contributed by atoms with Crippen LogP contribution in [-0.2, 0) is 21.1 Å². The van der Waals surface area contributed by atoms with Crippen molar-refractivity contribution in [1.29, 1.82) is 0 Å². The number of alkyl halides is 2. The van der Waals surface area contributed by atoms with Crippen LogP contribution in [0.1, 0.15) is 29.0 Å². The van der Waals surface area contributed by atoms with Crippen molar-refractivity contribution in [3.63, 3.8) is 0 Å². The number of rotatable bonds is 10. The van der Waals surface area contributed by atoms with E-state index in [-0.39, 0.29) is 16.4 Å². The molecule has 1 aromatic heterocycles. The van der Waals surface area contributed by atoms with Crippen LogP contribution >= 0.6 is 11.3 Å². The lowest BCUT2D eigenvalue weighted by molar-refractivity contribution is -0.118. The normalized spacial score (nSPS) is 12.6. The van der Waals surface area contributed by atoms with Crippen LogP contribution in [0.3, 0.4) is 0 Å². The lowest BCUT2D eigenvalue weighted by atomic mass is 9.99. The molecule has 1 amide bonds. The van der Waals surface area contributed by atoms with Crippen LogP contribution in [0.4, 0.5) is 14.5 Å². The van der Waals surface area contributed by atoms with Gasteiger partial charge in [-0.15, -0.1) is 11.3 Å². The molecule has 37 heavy (non-hydrogen) atoms. The summed E-state index contributed by atoms with van der Waals surface area (Å²) in [4.78, 5) is 17.7. The Morgan fingerprint density at radius 2 is 1.78 bits per heavy atom. The summed E-state index contributed by atoms with van der Waals surface area (Å²) in [6, 6.07) is 17.6. The molecule has 0 aliphatic rings. The summed E-state index contributed by atoms with van der Waals surface area (Å²) in [7, 11) is -3.36. The van der Waals surface area contributed by atoms with E-state index in [1.165, 1.54) is 47.7 Å². The number of thiazole rings is 1. The van der Waals surface area contributed by atoms with E-state index in [0.717, 1.165) is 20.8 Å². The lowest BCUT2D eigenvalue weighted by Gasteiger charge is -2.15. The second-order valence-corrected chi connectivity index (χ2v) is 11.6. The number of hydrogen-bond acceptors (Lipinski definition) is 7. The van der Waals surface area contributed by atoms with E-state index < -0.39 is 34.9 Å². The molecule has 4 aromatic rings. The zero-order valence-electron chi connectivity index (χ0n) is 19.7. The predicted octanol–water partition coefficient (Wildman–Crippen LogP) is 5.00. The molecule has 0 saturated heterocycles. The fourth-order valence-electron chi connectivity index (χ4n) is 3.73. The first-order chi connectivity index (χ1) is 17.7. The standard InChI is InChI=1S/C26H24F2N2O5S2/c1-2-37(33,34)20-10-5-17(6-11-20)21(15-31)25(32)29-18-7-12-22-23(14-18)36-24(30-22)13-16-3-8-19(9-4-16)35-26(27)28/h3-12,14,21,26,31H,2,13,15H2,1H3,(H,29,32). The van der Waals surface area contributed by atoms with Gasteiger partial charge < -0.3 is 15.2 Å². The number of halogens is 2. The number of amides is 1. The highest BCUT2D eigenvalue weighted by atomic mass is 32.2. The number of sulfone groups is 1. The molecule has 0 bridgehead atoms. The summed E-state index contributed by atoms with van der Waals surface area (Å²) in [6.45, 7) is -1.76. The highest BCUT2D eigenvalue weighted by molar-refractivity contribution is 7.91. The number of fused-ring (bicyclic) bond motifs is 1. The summed E-state index contributed by atoms with van der Waals surface area (Å²) < 4.78 is 53.9. The Balaban J connectivity index is 1.45. The minimum absolute atomic E-state index is 0.0272. The molecule has 7 nitrogen and oxygen atoms in total. The molecule has 2 N–H and O–H groups in total. The third-order valence-electron chi connectivity index (χ3n) is 5.72. The molecular weight excluding hydrogens is 522 g/mol. The molecule has 1 heterocycles. The Hall–Kier alpha value is -3.41. The van der Waals surface area contributed by atoms with Crippen LogP contribution < -0.4 is 10.1 Å². The van der Waals surface area contributed by atoms with Gasteiger partial charge in [-0.2, -0.15) is 8.78 Å². The predicted molar refractivity (Wildman–Crippen MR) is 138 cm³/mol. The van der Waals surface area contributed by atoms with Crippen molar-refractivity contribution in [3.05, 3.63) is 82.9 Å². The van der Waals surface area contributed by atoms with Crippen LogP contribution in [0.2, 0.25) is 0 Å². The fourth-order valence-corrected chi connectivity index (χ4v) is 5.66. The quantitative estimate of drug-likeness (QED) is 0.290. The van der Waals surface area contributed by atoms with Gasteiger partial charge in [-0.05, 0) is 53.6 Å². The molecule has 0 fully saturated rings. The molecule has 3 aromatic carbocycles. The second-order valence-electron chi connectivity index (χ2n) is 8.19. The number of aromatic nitrogens is 1. The van der Waals surface area contributed by atoms with Gasteiger partial charge in [-0.25, -0.2) is 13.4 Å². The Morgan fingerprint density at radius 1 is 1.08 bits per heavy atom. The summed E-state index contributed by atoms with van der Waals surface area (Å²) in [5.74, 6) is -1.24. The van der Waals surface area contributed by atoms with Gasteiger partial charge in [0.2, 0.25) is 5.91 Å². The van der Waals surface area contributed by atoms with Crippen LogP contribution in [0.25, 0.3) is 10.2 Å². The SMILES string of the molecule is CCS(=O)(=O)c1ccc(C(CO)C(=O)Nc2ccc3nc(Cc4ccc(OC(F)F)cc4)sc3c2)cc1. The van der Waals surface area contributed by atoms with Gasteiger partial charge in [0.15, 0.2) is 9.84 Å². The maximum absolute atomic E-state index is 12.9. The molecule has 0 aliphatic carbocycles. The van der Waals surface area contributed by atoms with E-state index in [9.17, 15) is 27.1 Å². The maximum atomic E-state index is 12.9. The summed E-state index contributed by atoms with van der Waals surface area (Å²) in [5.41, 5.74) is 2.67. The Bertz CT molecular complexity index is 1490. The number of nitrogens with zero attached hydrogens (tertiary/aromatic N) is 1. The topological polar surface area (TPSA) is 106 Å². The number of carbonyl (C=O) groups is 1. The maximum Gasteiger partial charge on any atom is 0.387 e. The number of aliphatic hydroxyl groups is 1. The number of carbonyl (C=O) groups excluding carboxylic acids is 1. The molecule has 11 heteroatoms. The number of nitrogens with one attached hydrogen (secondary N) is 1. The summed E-state index contributed by atoms with van der Waals surface area (Å²) in [5, 5.41) is 13.5. The van der Waals surface area contributed by atoms with Crippen molar-refractivity contribution >= 4 is 43.0 Å². The van der Waals surface area contributed by atoms with Crippen molar-refractivity contribution in [2.45, 2.75) is 30.8 Å². The summed E-state index contributed by atoms with van der Waals surface area (Å²) >= 11 is 1.44. The van der Waals surface area contributed by atoms with E-state index >= 15 is 0 Å². The first-order valence-electron chi connectivity index (χ1n) is 11.4. The molecule has 1 unspecified atom stereocenters. The van der Waals surface area contributed by atoms with Gasteiger partial charge in [0.1, 0.15) is 5.75 Å². The fraction of sp³-hybridized carbons (Fsp3) is 0.231. The monoisotopic (exact) mass is 546 g/mol. The van der Waals surface area contributed by atoms with E-state index in [1.807, 2.05) is 0 Å². The summed E-state index contributed by atoms with van der Waals surface area (Å²) in [6.07, 6.45) is 0.506. The Labute approximate surface area is 216 Å². The van der Waals surface area contributed by atoms with Gasteiger partial charge in [-0.1, -0.05) is 31.2 Å². The van der Waals surface area contributed by atoms with Crippen LogP contribution in [0.5, 0.6) is 5.75 Å². The van der Waals surface area contributed by atoms with Crippen molar-refractivity contribution in [2.24, 2.45) is 0 Å². The number of benzene rings is 3. The number of anilines is 1. The minimum Gasteiger partial charge on any atom is -0.435 e. The molecule has 1 atom stereocenters. The average Bonchev–Trinajstić information content (AvgIpc) is 3.27. The highest BCUT2D eigenvalue weighted by Crippen LogP contribution is 2.28. The second kappa shape index (κ2) is 11.3. The molecule has 4 rings (SSSR count). The van der Waals surface area contributed by atoms with Crippen LogP contribution in [0.15, 0.2) is 71.6 Å². The van der Waals surface area contributed by atoms with Gasteiger partial charge in [0, 0.05) is 12.1 Å². The van der Waals surface area contributed by atoms with Crippen molar-refractivity contribution in [3.8, 4) is 5.75 Å². The third-order valence-corrected chi connectivity index (χ3v) is 8.49. The smallest absolute Gasteiger partial charge is 0.387 e. The number of hydrogen-bond donors (Lipinski definition) is 2. The molecule has 0 radical (unpaired) electrons. The van der Waals surface area contributed by atoms with E-state index in [4.69, 9.17) is 0 Å². The molecular formula is C26H24F2N2O5S2. The Morgan fingerprint density at radius 3 is 2.41 bits per heavy atom. The molecule has 194 valence electrons. The van der Waals surface area contributed by atoms with Crippen LogP contribution in [-0.4, -0.2) is 43.4 Å². The Kier molecular flexibility index (Phi) is 8.16. The van der Waals surface area contributed by atoms with Crippen molar-refractivity contribution in [1.82, 2.24) is 4.98 Å².